The summed E-state index contributed by atoms with van der Waals surface area (Å²) in [6.07, 6.45) is 0.540. The first kappa shape index (κ1) is 19.6. The second kappa shape index (κ2) is 9.68. The third-order valence-corrected chi connectivity index (χ3v) is 4.83. The Balaban J connectivity index is 2.24. The number of hydrogen-bond donors (Lipinski definition) is 1. The number of esters is 1. The highest BCUT2D eigenvalue weighted by atomic mass is 35.5. The van der Waals surface area contributed by atoms with E-state index >= 15 is 0 Å². The third-order valence-electron chi connectivity index (χ3n) is 3.83. The van der Waals surface area contributed by atoms with Gasteiger partial charge in [-0.1, -0.05) is 42.5 Å². The first-order chi connectivity index (χ1) is 12.1. The van der Waals surface area contributed by atoms with E-state index in [2.05, 4.69) is 4.74 Å². The Hall–Kier alpha value is -1.73. The van der Waals surface area contributed by atoms with Gasteiger partial charge in [-0.2, -0.15) is 4.31 Å². The van der Waals surface area contributed by atoms with Crippen LogP contribution in [0.3, 0.4) is 0 Å². The quantitative estimate of drug-likeness (QED) is 0.429. The second-order valence-corrected chi connectivity index (χ2v) is 6.71. The fraction of sp³-hybridized carbons (Fsp3) is 0.278. The van der Waals surface area contributed by atoms with Crippen LogP contribution in [-0.4, -0.2) is 32.0 Å². The smallest absolute Gasteiger partial charge is 0.337 e. The van der Waals surface area contributed by atoms with E-state index in [-0.39, 0.29) is 12.6 Å². The van der Waals surface area contributed by atoms with Crippen LogP contribution in [0, 0.1) is 0 Å². The number of hydrogen-bond acceptors (Lipinski definition) is 3. The number of methoxy groups -OCH3 is 1. The molecule has 0 radical (unpaired) electrons. The molecule has 0 amide bonds. The standard InChI is InChI=1S/C18H20ClNO4S/c1-24-18(21)16-9-7-14(8-10-16)13-20(25(22)23)17(11-12-19)15-5-3-2-4-6-15/h2-10,17H,11-13H2,1H3,(H,22,23). The molecule has 2 atom stereocenters. The summed E-state index contributed by atoms with van der Waals surface area (Å²) in [6.45, 7) is 0.251. The fourth-order valence-corrected chi connectivity index (χ4v) is 3.48. The molecule has 2 unspecified atom stereocenters. The van der Waals surface area contributed by atoms with Gasteiger partial charge in [0, 0.05) is 12.4 Å². The average molecular weight is 382 g/mol. The Kier molecular flexibility index (Phi) is 7.58. The van der Waals surface area contributed by atoms with Crippen molar-refractivity contribution in [2.45, 2.75) is 19.0 Å². The molecule has 0 heterocycles. The Morgan fingerprint density at radius 2 is 1.84 bits per heavy atom. The van der Waals surface area contributed by atoms with Crippen molar-refractivity contribution in [3.8, 4) is 0 Å². The maximum Gasteiger partial charge on any atom is 0.337 e. The van der Waals surface area contributed by atoms with E-state index in [9.17, 15) is 13.6 Å². The van der Waals surface area contributed by atoms with Gasteiger partial charge in [0.05, 0.1) is 18.7 Å². The first-order valence-electron chi connectivity index (χ1n) is 7.72. The molecule has 134 valence electrons. The van der Waals surface area contributed by atoms with Gasteiger partial charge >= 0.3 is 5.97 Å². The van der Waals surface area contributed by atoms with Gasteiger partial charge in [-0.15, -0.1) is 11.6 Å². The van der Waals surface area contributed by atoms with Crippen molar-refractivity contribution in [3.63, 3.8) is 0 Å². The van der Waals surface area contributed by atoms with Gasteiger partial charge in [-0.05, 0) is 29.7 Å². The van der Waals surface area contributed by atoms with E-state index < -0.39 is 17.2 Å². The van der Waals surface area contributed by atoms with E-state index in [1.807, 2.05) is 30.3 Å². The number of alkyl halides is 1. The van der Waals surface area contributed by atoms with Gasteiger partial charge in [-0.25, -0.2) is 9.00 Å². The van der Waals surface area contributed by atoms with E-state index in [1.165, 1.54) is 11.4 Å². The van der Waals surface area contributed by atoms with Crippen molar-refractivity contribution in [3.05, 3.63) is 71.3 Å². The highest BCUT2D eigenvalue weighted by Gasteiger charge is 2.24. The number of halogens is 1. The predicted octanol–water partition coefficient (Wildman–Crippen LogP) is 3.78. The molecule has 1 N–H and O–H groups in total. The van der Waals surface area contributed by atoms with Crippen molar-refractivity contribution >= 4 is 28.8 Å². The van der Waals surface area contributed by atoms with Gasteiger partial charge in [-0.3, -0.25) is 4.55 Å². The zero-order valence-electron chi connectivity index (χ0n) is 13.8. The van der Waals surface area contributed by atoms with Crippen LogP contribution < -0.4 is 0 Å². The lowest BCUT2D eigenvalue weighted by atomic mass is 10.0. The van der Waals surface area contributed by atoms with Gasteiger partial charge < -0.3 is 4.74 Å². The van der Waals surface area contributed by atoms with Crippen molar-refractivity contribution in [1.82, 2.24) is 4.31 Å². The Bertz CT molecular complexity index is 709. The molecule has 5 nitrogen and oxygen atoms in total. The molecule has 0 aliphatic heterocycles. The highest BCUT2D eigenvalue weighted by Crippen LogP contribution is 2.27. The van der Waals surface area contributed by atoms with E-state index in [1.54, 1.807) is 24.3 Å². The molecule has 0 aromatic heterocycles. The van der Waals surface area contributed by atoms with Crippen LogP contribution in [-0.2, 0) is 22.5 Å². The minimum absolute atomic E-state index is 0.251. The lowest BCUT2D eigenvalue weighted by molar-refractivity contribution is 0.0600. The maximum absolute atomic E-state index is 11.9. The van der Waals surface area contributed by atoms with E-state index in [0.29, 0.717) is 17.9 Å². The summed E-state index contributed by atoms with van der Waals surface area (Å²) in [5, 5.41) is 0. The first-order valence-corrected chi connectivity index (χ1v) is 9.32. The van der Waals surface area contributed by atoms with Crippen LogP contribution in [0.4, 0.5) is 0 Å². The zero-order chi connectivity index (χ0) is 18.2. The molecular formula is C18H20ClNO4S. The Labute approximate surface area is 155 Å². The topological polar surface area (TPSA) is 66.8 Å². The molecular weight excluding hydrogens is 362 g/mol. The van der Waals surface area contributed by atoms with Crippen LogP contribution >= 0.6 is 11.6 Å². The molecule has 0 aliphatic carbocycles. The maximum atomic E-state index is 11.9. The van der Waals surface area contributed by atoms with Crippen LogP contribution in [0.1, 0.15) is 33.9 Å². The number of rotatable bonds is 8. The van der Waals surface area contributed by atoms with Crippen LogP contribution in [0.5, 0.6) is 0 Å². The number of carbonyl (C=O) groups is 1. The van der Waals surface area contributed by atoms with E-state index in [0.717, 1.165) is 11.1 Å². The van der Waals surface area contributed by atoms with Crippen LogP contribution in [0.25, 0.3) is 0 Å². The monoisotopic (exact) mass is 381 g/mol. The highest BCUT2D eigenvalue weighted by molar-refractivity contribution is 7.76. The summed E-state index contributed by atoms with van der Waals surface area (Å²) in [5.74, 6) is -0.0485. The van der Waals surface area contributed by atoms with Crippen molar-refractivity contribution in [1.29, 1.82) is 0 Å². The minimum atomic E-state index is -2.17. The number of benzene rings is 2. The predicted molar refractivity (Wildman–Crippen MR) is 98.6 cm³/mol. The Morgan fingerprint density at radius 3 is 2.36 bits per heavy atom. The molecule has 0 fully saturated rings. The van der Waals surface area contributed by atoms with Crippen molar-refractivity contribution in [2.75, 3.05) is 13.0 Å². The number of carbonyl (C=O) groups excluding carboxylic acids is 1. The largest absolute Gasteiger partial charge is 0.465 e. The van der Waals surface area contributed by atoms with Gasteiger partial charge in [0.25, 0.3) is 0 Å². The second-order valence-electron chi connectivity index (χ2n) is 5.40. The normalized spacial score (nSPS) is 13.4. The Morgan fingerprint density at radius 1 is 1.20 bits per heavy atom. The zero-order valence-corrected chi connectivity index (χ0v) is 15.4. The molecule has 7 heteroatoms. The molecule has 0 aliphatic rings. The number of nitrogens with zero attached hydrogens (tertiary/aromatic N) is 1. The summed E-state index contributed by atoms with van der Waals surface area (Å²) in [5.41, 5.74) is 2.17. The fourth-order valence-electron chi connectivity index (χ4n) is 2.57. The average Bonchev–Trinajstić information content (AvgIpc) is 2.65. The molecule has 2 rings (SSSR count). The minimum Gasteiger partial charge on any atom is -0.465 e. The third kappa shape index (κ3) is 5.37. The molecule has 2 aromatic carbocycles. The molecule has 0 bridgehead atoms. The number of ether oxygens (including phenoxy) is 1. The summed E-state index contributed by atoms with van der Waals surface area (Å²) in [6, 6.07) is 16.0. The lowest BCUT2D eigenvalue weighted by Gasteiger charge is -2.28. The molecule has 0 saturated heterocycles. The lowest BCUT2D eigenvalue weighted by Crippen LogP contribution is -2.30. The van der Waals surface area contributed by atoms with E-state index in [4.69, 9.17) is 11.6 Å². The van der Waals surface area contributed by atoms with Crippen LogP contribution in [0.2, 0.25) is 0 Å². The summed E-state index contributed by atoms with van der Waals surface area (Å²) >= 11 is 3.74. The van der Waals surface area contributed by atoms with Gasteiger partial charge in [0.1, 0.15) is 0 Å². The summed E-state index contributed by atoms with van der Waals surface area (Å²) in [4.78, 5) is 11.5. The summed E-state index contributed by atoms with van der Waals surface area (Å²) < 4.78 is 27.9. The van der Waals surface area contributed by atoms with Gasteiger partial charge in [0.2, 0.25) is 11.3 Å². The molecule has 0 saturated carbocycles. The van der Waals surface area contributed by atoms with Crippen molar-refractivity contribution in [2.24, 2.45) is 0 Å². The van der Waals surface area contributed by atoms with Gasteiger partial charge in [0.15, 0.2) is 0 Å². The van der Waals surface area contributed by atoms with Crippen molar-refractivity contribution < 1.29 is 18.3 Å². The van der Waals surface area contributed by atoms with Crippen LogP contribution in [0.15, 0.2) is 54.6 Å². The molecule has 25 heavy (non-hydrogen) atoms. The SMILES string of the molecule is COC(=O)c1ccc(CN(C(CCCl)c2ccccc2)S(=O)O)cc1. The molecule has 0 spiro atoms. The summed E-state index contributed by atoms with van der Waals surface area (Å²) in [7, 11) is 1.32. The molecule has 2 aromatic rings.